The molecule has 1 fully saturated rings. The van der Waals surface area contributed by atoms with Gasteiger partial charge in [-0.1, -0.05) is 19.1 Å². The third-order valence-corrected chi connectivity index (χ3v) is 5.49. The predicted octanol–water partition coefficient (Wildman–Crippen LogP) is 3.88. The van der Waals surface area contributed by atoms with E-state index in [1.165, 1.54) is 16.9 Å². The van der Waals surface area contributed by atoms with Crippen LogP contribution in [0, 0.1) is 6.92 Å². The summed E-state index contributed by atoms with van der Waals surface area (Å²) in [6.07, 6.45) is 1.41. The second-order valence-corrected chi connectivity index (χ2v) is 8.18. The molecule has 0 saturated carbocycles. The average molecular weight is 374 g/mol. The Morgan fingerprint density at radius 2 is 1.92 bits per heavy atom. The standard InChI is InChI=1S/C20H27N3O2S/c1-5-18-15(4)26-20(21-18)22-19(24)17-8-6-16(7-9-17)12-23-10-13(2)25-14(3)11-23/h6-9,13-14H,5,10-12H2,1-4H3,(H,21,22,24). The summed E-state index contributed by atoms with van der Waals surface area (Å²) in [4.78, 5) is 20.5. The zero-order chi connectivity index (χ0) is 18.7. The van der Waals surface area contributed by atoms with Gasteiger partial charge in [0.1, 0.15) is 0 Å². The Hall–Kier alpha value is -1.76. The number of thiazole rings is 1. The first kappa shape index (κ1) is 19.0. The lowest BCUT2D eigenvalue weighted by Crippen LogP contribution is -2.44. The van der Waals surface area contributed by atoms with Gasteiger partial charge in [-0.25, -0.2) is 4.98 Å². The van der Waals surface area contributed by atoms with E-state index in [9.17, 15) is 4.79 Å². The van der Waals surface area contributed by atoms with Gasteiger partial charge in [0.05, 0.1) is 17.9 Å². The highest BCUT2D eigenvalue weighted by atomic mass is 32.1. The van der Waals surface area contributed by atoms with Crippen LogP contribution in [0.4, 0.5) is 5.13 Å². The molecule has 1 aromatic heterocycles. The van der Waals surface area contributed by atoms with E-state index in [4.69, 9.17) is 4.74 Å². The van der Waals surface area contributed by atoms with E-state index in [1.807, 2.05) is 31.2 Å². The van der Waals surface area contributed by atoms with Gasteiger partial charge in [0.2, 0.25) is 0 Å². The summed E-state index contributed by atoms with van der Waals surface area (Å²) in [6, 6.07) is 7.84. The zero-order valence-corrected chi connectivity index (χ0v) is 16.7. The second kappa shape index (κ2) is 8.29. The number of ether oxygens (including phenoxy) is 1. The van der Waals surface area contributed by atoms with Crippen molar-refractivity contribution in [3.8, 4) is 0 Å². The first-order chi connectivity index (χ1) is 12.4. The van der Waals surface area contributed by atoms with Crippen LogP contribution in [-0.2, 0) is 17.7 Å². The number of nitrogens with zero attached hydrogens (tertiary/aromatic N) is 2. The van der Waals surface area contributed by atoms with Gasteiger partial charge in [-0.3, -0.25) is 15.0 Å². The Labute approximate surface area is 159 Å². The molecular formula is C20H27N3O2S. The molecule has 1 saturated heterocycles. The number of aromatic nitrogens is 1. The van der Waals surface area contributed by atoms with E-state index in [1.54, 1.807) is 0 Å². The van der Waals surface area contributed by atoms with Gasteiger partial charge in [-0.2, -0.15) is 0 Å². The normalized spacial score (nSPS) is 20.9. The largest absolute Gasteiger partial charge is 0.373 e. The molecule has 6 heteroatoms. The molecule has 1 aromatic carbocycles. The number of amides is 1. The number of morpholine rings is 1. The lowest BCUT2D eigenvalue weighted by atomic mass is 10.1. The monoisotopic (exact) mass is 373 g/mol. The number of carbonyl (C=O) groups excluding carboxylic acids is 1. The van der Waals surface area contributed by atoms with Crippen LogP contribution in [0.15, 0.2) is 24.3 Å². The molecule has 1 aliphatic heterocycles. The fourth-order valence-electron chi connectivity index (χ4n) is 3.41. The number of anilines is 1. The van der Waals surface area contributed by atoms with Crippen LogP contribution < -0.4 is 5.32 Å². The number of aryl methyl sites for hydroxylation is 2. The Kier molecular flexibility index (Phi) is 6.06. The van der Waals surface area contributed by atoms with Crippen molar-refractivity contribution in [3.05, 3.63) is 46.0 Å². The molecule has 2 unspecified atom stereocenters. The van der Waals surface area contributed by atoms with Gasteiger partial charge in [-0.15, -0.1) is 11.3 Å². The SMILES string of the molecule is CCc1nc(NC(=O)c2ccc(CN3CC(C)OC(C)C3)cc2)sc1C. The maximum absolute atomic E-state index is 12.4. The van der Waals surface area contributed by atoms with Gasteiger partial charge in [-0.05, 0) is 44.9 Å². The molecule has 0 spiro atoms. The number of hydrogen-bond donors (Lipinski definition) is 1. The van der Waals surface area contributed by atoms with Gasteiger partial charge in [0.15, 0.2) is 5.13 Å². The van der Waals surface area contributed by atoms with Crippen LogP contribution >= 0.6 is 11.3 Å². The highest BCUT2D eigenvalue weighted by molar-refractivity contribution is 7.15. The van der Waals surface area contributed by atoms with E-state index >= 15 is 0 Å². The number of rotatable bonds is 5. The van der Waals surface area contributed by atoms with Crippen LogP contribution in [0.5, 0.6) is 0 Å². The minimum absolute atomic E-state index is 0.110. The lowest BCUT2D eigenvalue weighted by molar-refractivity contribution is -0.0704. The molecule has 1 aliphatic rings. The van der Waals surface area contributed by atoms with Crippen molar-refractivity contribution in [2.75, 3.05) is 18.4 Å². The fraction of sp³-hybridized carbons (Fsp3) is 0.500. The predicted molar refractivity (Wildman–Crippen MR) is 106 cm³/mol. The van der Waals surface area contributed by atoms with Crippen LogP contribution in [0.1, 0.15) is 47.3 Å². The summed E-state index contributed by atoms with van der Waals surface area (Å²) in [5, 5.41) is 3.58. The lowest BCUT2D eigenvalue weighted by Gasteiger charge is -2.35. The van der Waals surface area contributed by atoms with E-state index in [-0.39, 0.29) is 18.1 Å². The quantitative estimate of drug-likeness (QED) is 0.864. The molecule has 5 nitrogen and oxygen atoms in total. The van der Waals surface area contributed by atoms with Gasteiger partial charge >= 0.3 is 0 Å². The van der Waals surface area contributed by atoms with Crippen LogP contribution in [0.3, 0.4) is 0 Å². The number of benzene rings is 1. The van der Waals surface area contributed by atoms with Crippen LogP contribution in [-0.4, -0.2) is 41.1 Å². The number of nitrogens with one attached hydrogen (secondary N) is 1. The van der Waals surface area contributed by atoms with E-state index in [0.717, 1.165) is 36.6 Å². The van der Waals surface area contributed by atoms with E-state index in [0.29, 0.717) is 10.7 Å². The molecular weight excluding hydrogens is 346 g/mol. The summed E-state index contributed by atoms with van der Waals surface area (Å²) in [6.45, 7) is 11.1. The van der Waals surface area contributed by atoms with Crippen molar-refractivity contribution in [1.29, 1.82) is 0 Å². The Morgan fingerprint density at radius 3 is 2.50 bits per heavy atom. The summed E-state index contributed by atoms with van der Waals surface area (Å²) in [5.41, 5.74) is 2.92. The zero-order valence-electron chi connectivity index (χ0n) is 15.9. The number of hydrogen-bond acceptors (Lipinski definition) is 5. The summed E-state index contributed by atoms with van der Waals surface area (Å²) in [5.74, 6) is -0.110. The maximum Gasteiger partial charge on any atom is 0.257 e. The molecule has 0 bridgehead atoms. The minimum Gasteiger partial charge on any atom is -0.373 e. The van der Waals surface area contributed by atoms with Crippen molar-refractivity contribution in [2.45, 2.75) is 52.9 Å². The first-order valence-electron chi connectivity index (χ1n) is 9.19. The topological polar surface area (TPSA) is 54.5 Å². The Balaban J connectivity index is 1.60. The van der Waals surface area contributed by atoms with E-state index < -0.39 is 0 Å². The van der Waals surface area contributed by atoms with Gasteiger partial charge in [0, 0.05) is 30.1 Å². The highest BCUT2D eigenvalue weighted by Crippen LogP contribution is 2.23. The van der Waals surface area contributed by atoms with Crippen LogP contribution in [0.25, 0.3) is 0 Å². The summed E-state index contributed by atoms with van der Waals surface area (Å²) >= 11 is 1.53. The minimum atomic E-state index is -0.110. The van der Waals surface area contributed by atoms with E-state index in [2.05, 4.69) is 36.0 Å². The van der Waals surface area contributed by atoms with Crippen LogP contribution in [0.2, 0.25) is 0 Å². The average Bonchev–Trinajstić information content (AvgIpc) is 2.94. The second-order valence-electron chi connectivity index (χ2n) is 6.98. The molecule has 3 rings (SSSR count). The smallest absolute Gasteiger partial charge is 0.257 e. The fourth-order valence-corrected chi connectivity index (χ4v) is 4.31. The first-order valence-corrected chi connectivity index (χ1v) is 10.0. The highest BCUT2D eigenvalue weighted by Gasteiger charge is 2.22. The molecule has 0 aliphatic carbocycles. The molecule has 2 atom stereocenters. The molecule has 2 heterocycles. The third kappa shape index (κ3) is 4.69. The summed E-state index contributed by atoms with van der Waals surface area (Å²) in [7, 11) is 0. The maximum atomic E-state index is 12.4. The van der Waals surface area contributed by atoms with Gasteiger partial charge < -0.3 is 4.74 Å². The summed E-state index contributed by atoms with van der Waals surface area (Å²) < 4.78 is 5.78. The molecule has 26 heavy (non-hydrogen) atoms. The Morgan fingerprint density at radius 1 is 1.27 bits per heavy atom. The Bertz CT molecular complexity index is 747. The molecule has 1 amide bonds. The van der Waals surface area contributed by atoms with Crippen molar-refractivity contribution in [2.24, 2.45) is 0 Å². The van der Waals surface area contributed by atoms with Crippen molar-refractivity contribution in [3.63, 3.8) is 0 Å². The van der Waals surface area contributed by atoms with Gasteiger partial charge in [0.25, 0.3) is 5.91 Å². The van der Waals surface area contributed by atoms with Crippen molar-refractivity contribution < 1.29 is 9.53 Å². The molecule has 2 aromatic rings. The molecule has 1 N–H and O–H groups in total. The molecule has 0 radical (unpaired) electrons. The van der Waals surface area contributed by atoms with Crippen molar-refractivity contribution >= 4 is 22.4 Å². The van der Waals surface area contributed by atoms with Crippen molar-refractivity contribution in [1.82, 2.24) is 9.88 Å². The third-order valence-electron chi connectivity index (χ3n) is 4.57. The molecule has 140 valence electrons. The number of carbonyl (C=O) groups is 1.